The van der Waals surface area contributed by atoms with Crippen molar-refractivity contribution in [3.8, 4) is 5.75 Å². The maximum absolute atomic E-state index is 12.2. The lowest BCUT2D eigenvalue weighted by atomic mass is 9.87. The van der Waals surface area contributed by atoms with Crippen molar-refractivity contribution < 1.29 is 19.1 Å². The summed E-state index contributed by atoms with van der Waals surface area (Å²) in [5.41, 5.74) is 0.447. The van der Waals surface area contributed by atoms with Crippen molar-refractivity contribution in [3.63, 3.8) is 0 Å². The van der Waals surface area contributed by atoms with Crippen LogP contribution in [0, 0.1) is 6.92 Å². The number of H-pyrrole nitrogens is 2. The molecule has 0 aliphatic heterocycles. The Hall–Kier alpha value is -3.29. The predicted molar refractivity (Wildman–Crippen MR) is 89.3 cm³/mol. The zero-order chi connectivity index (χ0) is 18.1. The first-order valence-corrected chi connectivity index (χ1v) is 7.51. The molecule has 1 unspecified atom stereocenters. The first-order chi connectivity index (χ1) is 11.9. The monoisotopic (exact) mass is 344 g/mol. The Balaban J connectivity index is 2.34. The van der Waals surface area contributed by atoms with E-state index in [1.54, 1.807) is 25.1 Å². The predicted octanol–water partition coefficient (Wildman–Crippen LogP) is 1.73. The number of carboxylic acids is 1. The summed E-state index contributed by atoms with van der Waals surface area (Å²) < 4.78 is 10.4. The number of aryl methyl sites for hydroxylation is 1. The Bertz CT molecular complexity index is 1060. The van der Waals surface area contributed by atoms with Gasteiger partial charge in [-0.05, 0) is 30.7 Å². The van der Waals surface area contributed by atoms with Crippen molar-refractivity contribution in [2.45, 2.75) is 19.3 Å². The molecule has 1 aromatic carbocycles. The van der Waals surface area contributed by atoms with Gasteiger partial charge in [0.25, 0.3) is 5.56 Å². The number of nitrogens with one attached hydrogen (secondary N) is 2. The maximum atomic E-state index is 12.2. The van der Waals surface area contributed by atoms with Crippen LogP contribution in [0.25, 0.3) is 11.0 Å². The number of aromatic nitrogens is 2. The van der Waals surface area contributed by atoms with Crippen molar-refractivity contribution in [2.75, 3.05) is 7.11 Å². The second kappa shape index (κ2) is 6.31. The van der Waals surface area contributed by atoms with Crippen LogP contribution >= 0.6 is 0 Å². The smallest absolute Gasteiger partial charge is 0.336 e. The standard InChI is InChI=1S/C17H16N2O6/c1-8-16(17(23)19-18-8)12(6-14(20)21)10-7-15(22)25-13-4-3-9(24-2)5-11(10)13/h3-5,7,12H,6H2,1-2H3,(H,20,21)(H2,18,19,23). The maximum Gasteiger partial charge on any atom is 0.336 e. The molecular formula is C17H16N2O6. The lowest BCUT2D eigenvalue weighted by molar-refractivity contribution is -0.137. The summed E-state index contributed by atoms with van der Waals surface area (Å²) >= 11 is 0. The zero-order valence-corrected chi connectivity index (χ0v) is 13.6. The summed E-state index contributed by atoms with van der Waals surface area (Å²) in [6.07, 6.45) is -0.350. The summed E-state index contributed by atoms with van der Waals surface area (Å²) in [5, 5.41) is 15.0. The molecule has 0 saturated carbocycles. The molecule has 130 valence electrons. The number of aliphatic carboxylic acids is 1. The van der Waals surface area contributed by atoms with Crippen LogP contribution in [-0.4, -0.2) is 28.4 Å². The van der Waals surface area contributed by atoms with E-state index < -0.39 is 23.1 Å². The number of carbonyl (C=O) groups is 1. The Morgan fingerprint density at radius 2 is 2.04 bits per heavy atom. The molecule has 3 rings (SSSR count). The van der Waals surface area contributed by atoms with E-state index in [0.29, 0.717) is 28.0 Å². The second-order valence-electron chi connectivity index (χ2n) is 5.65. The minimum atomic E-state index is -1.09. The van der Waals surface area contributed by atoms with Crippen LogP contribution in [0.5, 0.6) is 5.75 Å². The van der Waals surface area contributed by atoms with Crippen molar-refractivity contribution in [1.29, 1.82) is 0 Å². The van der Waals surface area contributed by atoms with Crippen LogP contribution in [0.3, 0.4) is 0 Å². The number of ether oxygens (including phenoxy) is 1. The molecule has 2 aromatic heterocycles. The van der Waals surface area contributed by atoms with Gasteiger partial charge in [-0.15, -0.1) is 0 Å². The molecule has 0 radical (unpaired) electrons. The van der Waals surface area contributed by atoms with E-state index in [1.165, 1.54) is 13.2 Å². The molecule has 3 aromatic rings. The van der Waals surface area contributed by atoms with Crippen LogP contribution in [0.2, 0.25) is 0 Å². The number of hydrogen-bond donors (Lipinski definition) is 3. The Morgan fingerprint density at radius 1 is 1.28 bits per heavy atom. The molecule has 3 N–H and O–H groups in total. The molecule has 0 fully saturated rings. The molecule has 8 heteroatoms. The van der Waals surface area contributed by atoms with E-state index in [-0.39, 0.29) is 12.0 Å². The zero-order valence-electron chi connectivity index (χ0n) is 13.6. The first kappa shape index (κ1) is 16.6. The minimum Gasteiger partial charge on any atom is -0.497 e. The van der Waals surface area contributed by atoms with Crippen LogP contribution in [-0.2, 0) is 4.79 Å². The molecule has 0 bridgehead atoms. The Labute approximate surface area is 141 Å². The molecular weight excluding hydrogens is 328 g/mol. The Kier molecular flexibility index (Phi) is 4.18. The van der Waals surface area contributed by atoms with E-state index >= 15 is 0 Å². The number of benzene rings is 1. The fourth-order valence-corrected chi connectivity index (χ4v) is 3.00. The summed E-state index contributed by atoms with van der Waals surface area (Å²) in [4.78, 5) is 35.5. The normalized spacial score (nSPS) is 12.2. The summed E-state index contributed by atoms with van der Waals surface area (Å²) in [6.45, 7) is 1.66. The summed E-state index contributed by atoms with van der Waals surface area (Å²) in [6, 6.07) is 6.08. The molecule has 0 amide bonds. The van der Waals surface area contributed by atoms with Gasteiger partial charge in [-0.2, -0.15) is 0 Å². The number of methoxy groups -OCH3 is 1. The van der Waals surface area contributed by atoms with E-state index in [1.807, 2.05) is 0 Å². The fraction of sp³-hybridized carbons (Fsp3) is 0.235. The van der Waals surface area contributed by atoms with Crippen molar-refractivity contribution >= 4 is 16.9 Å². The van der Waals surface area contributed by atoms with Gasteiger partial charge >= 0.3 is 11.6 Å². The highest BCUT2D eigenvalue weighted by Gasteiger charge is 2.26. The van der Waals surface area contributed by atoms with Gasteiger partial charge in [0.15, 0.2) is 0 Å². The quantitative estimate of drug-likeness (QED) is 0.605. The first-order valence-electron chi connectivity index (χ1n) is 7.51. The average molecular weight is 344 g/mol. The SMILES string of the molecule is COc1ccc2oc(=O)cc(C(CC(=O)O)c3c(C)[nH][nH]c3=O)c2c1. The van der Waals surface area contributed by atoms with Crippen LogP contribution in [0.15, 0.2) is 38.3 Å². The molecule has 0 aliphatic carbocycles. The van der Waals surface area contributed by atoms with Crippen molar-refractivity contribution in [1.82, 2.24) is 10.2 Å². The molecule has 8 nitrogen and oxygen atoms in total. The van der Waals surface area contributed by atoms with Crippen LogP contribution < -0.4 is 15.9 Å². The highest BCUT2D eigenvalue weighted by Crippen LogP contribution is 2.33. The molecule has 0 saturated heterocycles. The molecule has 25 heavy (non-hydrogen) atoms. The van der Waals surface area contributed by atoms with Crippen molar-refractivity contribution in [3.05, 3.63) is 61.9 Å². The van der Waals surface area contributed by atoms with Gasteiger partial charge in [-0.25, -0.2) is 4.79 Å². The molecule has 0 spiro atoms. The topological polar surface area (TPSA) is 125 Å². The van der Waals surface area contributed by atoms with Crippen LogP contribution in [0.1, 0.15) is 29.2 Å². The Morgan fingerprint density at radius 3 is 2.64 bits per heavy atom. The molecule has 0 aliphatic rings. The number of aromatic amines is 2. The summed E-state index contributed by atoms with van der Waals surface area (Å²) in [7, 11) is 1.50. The lowest BCUT2D eigenvalue weighted by Gasteiger charge is -2.16. The number of fused-ring (bicyclic) bond motifs is 1. The van der Waals surface area contributed by atoms with Gasteiger partial charge in [0.1, 0.15) is 11.3 Å². The number of rotatable bonds is 5. The highest BCUT2D eigenvalue weighted by atomic mass is 16.5. The third-order valence-corrected chi connectivity index (χ3v) is 4.10. The molecule has 1 atom stereocenters. The van der Waals surface area contributed by atoms with E-state index in [4.69, 9.17) is 9.15 Å². The second-order valence-corrected chi connectivity index (χ2v) is 5.65. The van der Waals surface area contributed by atoms with Gasteiger partial charge in [0.2, 0.25) is 0 Å². The van der Waals surface area contributed by atoms with Gasteiger partial charge in [-0.3, -0.25) is 14.7 Å². The fourth-order valence-electron chi connectivity index (χ4n) is 3.00. The largest absolute Gasteiger partial charge is 0.497 e. The van der Waals surface area contributed by atoms with Crippen LogP contribution in [0.4, 0.5) is 0 Å². The van der Waals surface area contributed by atoms with E-state index in [2.05, 4.69) is 10.2 Å². The van der Waals surface area contributed by atoms with Gasteiger partial charge < -0.3 is 19.4 Å². The number of carboxylic acid groups (broad SMARTS) is 1. The molecule has 2 heterocycles. The third-order valence-electron chi connectivity index (χ3n) is 4.10. The van der Waals surface area contributed by atoms with E-state index in [9.17, 15) is 19.5 Å². The minimum absolute atomic E-state index is 0.275. The summed E-state index contributed by atoms with van der Waals surface area (Å²) in [5.74, 6) is -1.38. The van der Waals surface area contributed by atoms with Gasteiger partial charge in [-0.1, -0.05) is 0 Å². The van der Waals surface area contributed by atoms with E-state index in [0.717, 1.165) is 0 Å². The average Bonchev–Trinajstić information content (AvgIpc) is 2.90. The lowest BCUT2D eigenvalue weighted by Crippen LogP contribution is -2.18. The highest BCUT2D eigenvalue weighted by molar-refractivity contribution is 5.84. The van der Waals surface area contributed by atoms with Gasteiger partial charge in [0, 0.05) is 28.6 Å². The van der Waals surface area contributed by atoms with Gasteiger partial charge in [0.05, 0.1) is 13.5 Å². The third kappa shape index (κ3) is 3.06. The number of hydrogen-bond acceptors (Lipinski definition) is 5. The van der Waals surface area contributed by atoms with Crippen molar-refractivity contribution in [2.24, 2.45) is 0 Å².